The van der Waals surface area contributed by atoms with E-state index in [1.807, 2.05) is 6.92 Å². The van der Waals surface area contributed by atoms with E-state index in [2.05, 4.69) is 5.32 Å². The zero-order valence-electron chi connectivity index (χ0n) is 9.53. The number of nitrogens with two attached hydrogens (primary N) is 1. The second-order valence-electron chi connectivity index (χ2n) is 3.92. The molecular weight excluding hydrogens is 207 g/mol. The first-order valence-electron chi connectivity index (χ1n) is 5.30. The molecular formula is C12H17FN2O. The van der Waals surface area contributed by atoms with Gasteiger partial charge in [-0.2, -0.15) is 0 Å². The normalized spacial score (nSPS) is 14.2. The zero-order chi connectivity index (χ0) is 12.1. The van der Waals surface area contributed by atoms with Crippen LogP contribution in [0.2, 0.25) is 0 Å². The van der Waals surface area contributed by atoms with Crippen LogP contribution in [0.1, 0.15) is 25.5 Å². The highest BCUT2D eigenvalue weighted by atomic mass is 19.1. The predicted molar refractivity (Wildman–Crippen MR) is 61.2 cm³/mol. The highest BCUT2D eigenvalue weighted by molar-refractivity contribution is 5.78. The van der Waals surface area contributed by atoms with Gasteiger partial charge in [-0.1, -0.05) is 19.1 Å². The largest absolute Gasteiger partial charge is 0.349 e. The second kappa shape index (κ2) is 5.61. The molecule has 0 aliphatic carbocycles. The lowest BCUT2D eigenvalue weighted by Gasteiger charge is -2.17. The van der Waals surface area contributed by atoms with Gasteiger partial charge in [0.25, 0.3) is 0 Å². The molecule has 0 spiro atoms. The van der Waals surface area contributed by atoms with Crippen LogP contribution in [0, 0.1) is 11.7 Å². The van der Waals surface area contributed by atoms with Crippen molar-refractivity contribution < 1.29 is 9.18 Å². The standard InChI is InChI=1S/C12H17FN2O/c1-8(7-14)12(16)15-9(2)10-4-3-5-11(13)6-10/h3-6,8-9H,7,14H2,1-2H3,(H,15,16)/t8?,9-/m1/s1. The van der Waals surface area contributed by atoms with Crippen LogP contribution in [0.4, 0.5) is 4.39 Å². The number of benzene rings is 1. The topological polar surface area (TPSA) is 55.1 Å². The van der Waals surface area contributed by atoms with Crippen molar-refractivity contribution in [3.8, 4) is 0 Å². The number of nitrogens with one attached hydrogen (secondary N) is 1. The number of amides is 1. The van der Waals surface area contributed by atoms with Crippen LogP contribution in [0.15, 0.2) is 24.3 Å². The molecule has 0 aliphatic rings. The van der Waals surface area contributed by atoms with Crippen molar-refractivity contribution in [3.63, 3.8) is 0 Å². The monoisotopic (exact) mass is 224 g/mol. The average molecular weight is 224 g/mol. The lowest BCUT2D eigenvalue weighted by Crippen LogP contribution is -2.34. The maximum Gasteiger partial charge on any atom is 0.224 e. The van der Waals surface area contributed by atoms with Crippen LogP contribution in [0.3, 0.4) is 0 Å². The summed E-state index contributed by atoms with van der Waals surface area (Å²) in [6, 6.07) is 5.98. The summed E-state index contributed by atoms with van der Waals surface area (Å²) >= 11 is 0. The van der Waals surface area contributed by atoms with Gasteiger partial charge in [-0.15, -0.1) is 0 Å². The van der Waals surface area contributed by atoms with Crippen molar-refractivity contribution in [2.45, 2.75) is 19.9 Å². The minimum absolute atomic E-state index is 0.112. The Kier molecular flexibility index (Phi) is 4.43. The summed E-state index contributed by atoms with van der Waals surface area (Å²) in [7, 11) is 0. The molecule has 0 aromatic heterocycles. The maximum absolute atomic E-state index is 13.0. The van der Waals surface area contributed by atoms with Gasteiger partial charge < -0.3 is 11.1 Å². The molecule has 0 saturated heterocycles. The van der Waals surface area contributed by atoms with Crippen molar-refractivity contribution in [2.75, 3.05) is 6.54 Å². The molecule has 16 heavy (non-hydrogen) atoms. The smallest absolute Gasteiger partial charge is 0.224 e. The van der Waals surface area contributed by atoms with E-state index in [9.17, 15) is 9.18 Å². The van der Waals surface area contributed by atoms with Gasteiger partial charge in [0.05, 0.1) is 6.04 Å². The molecule has 1 aromatic carbocycles. The maximum atomic E-state index is 13.0. The first-order valence-corrected chi connectivity index (χ1v) is 5.30. The summed E-state index contributed by atoms with van der Waals surface area (Å²) in [5.74, 6) is -0.638. The molecule has 1 rings (SSSR count). The van der Waals surface area contributed by atoms with E-state index in [1.165, 1.54) is 12.1 Å². The molecule has 0 bridgehead atoms. The highest BCUT2D eigenvalue weighted by Crippen LogP contribution is 2.13. The van der Waals surface area contributed by atoms with Gasteiger partial charge in [-0.3, -0.25) is 4.79 Å². The van der Waals surface area contributed by atoms with Crippen molar-refractivity contribution in [2.24, 2.45) is 11.7 Å². The SMILES string of the molecule is CC(CN)C(=O)N[C@H](C)c1cccc(F)c1. The van der Waals surface area contributed by atoms with Crippen molar-refractivity contribution >= 4 is 5.91 Å². The average Bonchev–Trinajstić information content (AvgIpc) is 2.27. The quantitative estimate of drug-likeness (QED) is 0.816. The molecule has 3 N–H and O–H groups in total. The third kappa shape index (κ3) is 3.31. The van der Waals surface area contributed by atoms with E-state index in [0.717, 1.165) is 5.56 Å². The van der Waals surface area contributed by atoms with E-state index in [0.29, 0.717) is 6.54 Å². The fourth-order valence-electron chi connectivity index (χ4n) is 1.32. The van der Waals surface area contributed by atoms with E-state index in [4.69, 9.17) is 5.73 Å². The Bertz CT molecular complexity index is 368. The first-order chi connectivity index (χ1) is 7.54. The van der Waals surface area contributed by atoms with Gasteiger partial charge in [0.1, 0.15) is 5.82 Å². The number of halogens is 1. The van der Waals surface area contributed by atoms with Crippen LogP contribution in [0.5, 0.6) is 0 Å². The molecule has 0 aliphatic heterocycles. The molecule has 88 valence electrons. The first kappa shape index (κ1) is 12.6. The Morgan fingerprint density at radius 3 is 2.75 bits per heavy atom. The number of carbonyl (C=O) groups is 1. The van der Waals surface area contributed by atoms with E-state index >= 15 is 0 Å². The highest BCUT2D eigenvalue weighted by Gasteiger charge is 2.14. The molecule has 1 aromatic rings. The van der Waals surface area contributed by atoms with Crippen LogP contribution < -0.4 is 11.1 Å². The lowest BCUT2D eigenvalue weighted by molar-refractivity contribution is -0.124. The number of rotatable bonds is 4. The predicted octanol–water partition coefficient (Wildman–Crippen LogP) is 1.60. The molecule has 3 nitrogen and oxygen atoms in total. The summed E-state index contributed by atoms with van der Waals surface area (Å²) in [5.41, 5.74) is 6.14. The van der Waals surface area contributed by atoms with Crippen LogP contribution in [0.25, 0.3) is 0 Å². The molecule has 0 fully saturated rings. The van der Waals surface area contributed by atoms with E-state index in [1.54, 1.807) is 19.1 Å². The summed E-state index contributed by atoms with van der Waals surface area (Å²) in [5, 5.41) is 2.79. The number of hydrogen-bond donors (Lipinski definition) is 2. The third-order valence-corrected chi connectivity index (χ3v) is 2.51. The summed E-state index contributed by atoms with van der Waals surface area (Å²) in [6.45, 7) is 3.88. The summed E-state index contributed by atoms with van der Waals surface area (Å²) in [6.07, 6.45) is 0. The summed E-state index contributed by atoms with van der Waals surface area (Å²) in [4.78, 5) is 11.6. The molecule has 2 atom stereocenters. The molecule has 1 unspecified atom stereocenters. The fraction of sp³-hybridized carbons (Fsp3) is 0.417. The molecule has 0 heterocycles. The molecule has 1 amide bonds. The Morgan fingerprint density at radius 2 is 2.19 bits per heavy atom. The van der Waals surface area contributed by atoms with E-state index in [-0.39, 0.29) is 23.7 Å². The number of carbonyl (C=O) groups excluding carboxylic acids is 1. The summed E-state index contributed by atoms with van der Waals surface area (Å²) < 4.78 is 13.0. The van der Waals surface area contributed by atoms with Crippen molar-refractivity contribution in [1.29, 1.82) is 0 Å². The number of hydrogen-bond acceptors (Lipinski definition) is 2. The van der Waals surface area contributed by atoms with Crippen molar-refractivity contribution in [3.05, 3.63) is 35.6 Å². The molecule has 0 saturated carbocycles. The molecule has 4 heteroatoms. The minimum atomic E-state index is -0.300. The second-order valence-corrected chi connectivity index (χ2v) is 3.92. The van der Waals surface area contributed by atoms with Gasteiger partial charge >= 0.3 is 0 Å². The Labute approximate surface area is 94.8 Å². The molecule has 0 radical (unpaired) electrons. The fourth-order valence-corrected chi connectivity index (χ4v) is 1.32. The van der Waals surface area contributed by atoms with Gasteiger partial charge in [0.15, 0.2) is 0 Å². The van der Waals surface area contributed by atoms with Crippen molar-refractivity contribution in [1.82, 2.24) is 5.32 Å². The Morgan fingerprint density at radius 1 is 1.50 bits per heavy atom. The third-order valence-electron chi connectivity index (χ3n) is 2.51. The Balaban J connectivity index is 2.65. The van der Waals surface area contributed by atoms with Gasteiger partial charge in [0.2, 0.25) is 5.91 Å². The van der Waals surface area contributed by atoms with Crippen LogP contribution in [-0.2, 0) is 4.79 Å². The van der Waals surface area contributed by atoms with Gasteiger partial charge in [0, 0.05) is 12.5 Å². The van der Waals surface area contributed by atoms with Crippen LogP contribution in [-0.4, -0.2) is 12.5 Å². The van der Waals surface area contributed by atoms with Gasteiger partial charge in [-0.25, -0.2) is 4.39 Å². The van der Waals surface area contributed by atoms with E-state index < -0.39 is 0 Å². The minimum Gasteiger partial charge on any atom is -0.349 e. The van der Waals surface area contributed by atoms with Gasteiger partial charge in [-0.05, 0) is 24.6 Å². The zero-order valence-corrected chi connectivity index (χ0v) is 9.53. The van der Waals surface area contributed by atoms with Crippen LogP contribution >= 0.6 is 0 Å². The Hall–Kier alpha value is -1.42. The lowest BCUT2D eigenvalue weighted by atomic mass is 10.1.